The zero-order chi connectivity index (χ0) is 31.4. The topological polar surface area (TPSA) is 0 Å². The van der Waals surface area contributed by atoms with E-state index in [-0.39, 0.29) is 0 Å². The minimum Gasteiger partial charge on any atom is -0.0984 e. The lowest BCUT2D eigenvalue weighted by molar-refractivity contribution is 1.52. The van der Waals surface area contributed by atoms with Gasteiger partial charge in [-0.05, 0) is 88.7 Å². The number of hydrogen-bond donors (Lipinski definition) is 0. The van der Waals surface area contributed by atoms with Crippen LogP contribution in [0.3, 0.4) is 0 Å². The molecule has 0 amide bonds. The van der Waals surface area contributed by atoms with Gasteiger partial charge in [-0.15, -0.1) is 0 Å². The molecule has 212 valence electrons. The molecule has 0 N–H and O–H groups in total. The first-order chi connectivity index (χ1) is 21.5. The maximum absolute atomic E-state index is 4.30. The van der Waals surface area contributed by atoms with Crippen molar-refractivity contribution in [3.8, 4) is 33.4 Å². The van der Waals surface area contributed by atoms with Crippen molar-refractivity contribution >= 4 is 59.4 Å². The molecule has 0 saturated heterocycles. The van der Waals surface area contributed by atoms with E-state index in [1.807, 2.05) is 60.7 Å². The fourth-order valence-corrected chi connectivity index (χ4v) is 6.44. The van der Waals surface area contributed by atoms with E-state index in [0.29, 0.717) is 0 Å². The van der Waals surface area contributed by atoms with Crippen molar-refractivity contribution in [2.75, 3.05) is 0 Å². The van der Waals surface area contributed by atoms with Crippen molar-refractivity contribution in [3.05, 3.63) is 170 Å². The van der Waals surface area contributed by atoms with Gasteiger partial charge in [0.05, 0.1) is 0 Å². The standard InChI is InChI=1S/C44H36/c1-9-29-21-19-25-37(31(29)11-3)38-27-28-42(34(14-6)33(38)13-5)44-36(16-8)35(15-7)43(40-23-17-18-24-41(40)44)39-26-20-22-30(10-2)32(39)12-4/h9-28H,1-8H2. The highest BCUT2D eigenvalue weighted by Crippen LogP contribution is 2.47. The van der Waals surface area contributed by atoms with Gasteiger partial charge in [-0.25, -0.2) is 0 Å². The average molecular weight is 565 g/mol. The summed E-state index contributed by atoms with van der Waals surface area (Å²) < 4.78 is 0. The molecule has 0 saturated carbocycles. The zero-order valence-corrected chi connectivity index (χ0v) is 25.2. The first kappa shape index (κ1) is 29.8. The maximum Gasteiger partial charge on any atom is -0.00203 e. The molecule has 5 rings (SSSR count). The Labute approximate surface area is 262 Å². The molecule has 0 bridgehead atoms. The minimum absolute atomic E-state index is 0.993. The van der Waals surface area contributed by atoms with Gasteiger partial charge < -0.3 is 0 Å². The number of benzene rings is 5. The molecule has 0 aliphatic rings. The summed E-state index contributed by atoms with van der Waals surface area (Å²) in [6, 6.07) is 25.3. The number of rotatable bonds is 11. The van der Waals surface area contributed by atoms with Crippen LogP contribution >= 0.6 is 0 Å². The molecule has 0 radical (unpaired) electrons. The van der Waals surface area contributed by atoms with Gasteiger partial charge in [-0.3, -0.25) is 0 Å². The van der Waals surface area contributed by atoms with E-state index in [2.05, 4.69) is 113 Å². The highest BCUT2D eigenvalue weighted by Gasteiger charge is 2.23. The van der Waals surface area contributed by atoms with Crippen LogP contribution in [0.2, 0.25) is 0 Å². The first-order valence-electron chi connectivity index (χ1n) is 14.6. The summed E-state index contributed by atoms with van der Waals surface area (Å²) in [6.45, 7) is 33.4. The first-order valence-corrected chi connectivity index (χ1v) is 14.6. The smallest absolute Gasteiger partial charge is 0.00203 e. The van der Waals surface area contributed by atoms with E-state index in [1.54, 1.807) is 0 Å². The summed E-state index contributed by atoms with van der Waals surface area (Å²) in [7, 11) is 0. The summed E-state index contributed by atoms with van der Waals surface area (Å²) in [5.74, 6) is 0. The van der Waals surface area contributed by atoms with Crippen LogP contribution in [-0.4, -0.2) is 0 Å². The molecule has 0 heteroatoms. The van der Waals surface area contributed by atoms with Crippen LogP contribution in [0.1, 0.15) is 44.5 Å². The lowest BCUT2D eigenvalue weighted by Gasteiger charge is -2.24. The van der Waals surface area contributed by atoms with Gasteiger partial charge in [0.1, 0.15) is 0 Å². The van der Waals surface area contributed by atoms with Crippen LogP contribution in [-0.2, 0) is 0 Å². The summed E-state index contributed by atoms with van der Waals surface area (Å²) in [6.07, 6.45) is 15.2. The second kappa shape index (κ2) is 12.7. The maximum atomic E-state index is 4.30. The third-order valence-corrected chi connectivity index (χ3v) is 8.35. The third kappa shape index (κ3) is 4.68. The molecule has 5 aromatic rings. The van der Waals surface area contributed by atoms with Crippen molar-refractivity contribution in [2.45, 2.75) is 0 Å². The third-order valence-electron chi connectivity index (χ3n) is 8.35. The molecular weight excluding hydrogens is 528 g/mol. The SMILES string of the molecule is C=Cc1cccc(-c2ccc(-c3c(C=C)c(C=C)c(-c4cccc(C=C)c4C=C)c4ccccc34)c(C=C)c2C=C)c1C=C. The Morgan fingerprint density at radius 3 is 1.11 bits per heavy atom. The Bertz CT molecular complexity index is 2040. The quantitative estimate of drug-likeness (QED) is 0.150. The van der Waals surface area contributed by atoms with Gasteiger partial charge in [-0.1, -0.05) is 174 Å². The Balaban J connectivity index is 1.94. The summed E-state index contributed by atoms with van der Waals surface area (Å²) in [5.41, 5.74) is 14.5. The van der Waals surface area contributed by atoms with E-state index >= 15 is 0 Å². The monoisotopic (exact) mass is 564 g/mol. The molecule has 0 heterocycles. The van der Waals surface area contributed by atoms with E-state index in [9.17, 15) is 0 Å². The zero-order valence-electron chi connectivity index (χ0n) is 25.2. The van der Waals surface area contributed by atoms with Crippen molar-refractivity contribution in [3.63, 3.8) is 0 Å². The van der Waals surface area contributed by atoms with Crippen molar-refractivity contribution in [1.29, 1.82) is 0 Å². The molecule has 0 fully saturated rings. The number of hydrogen-bond acceptors (Lipinski definition) is 0. The minimum atomic E-state index is 0.993. The molecule has 0 nitrogen and oxygen atoms in total. The fraction of sp³-hybridized carbons (Fsp3) is 0. The Morgan fingerprint density at radius 2 is 0.659 bits per heavy atom. The lowest BCUT2D eigenvalue weighted by Crippen LogP contribution is -2.00. The fourth-order valence-electron chi connectivity index (χ4n) is 6.44. The van der Waals surface area contributed by atoms with E-state index in [4.69, 9.17) is 0 Å². The van der Waals surface area contributed by atoms with E-state index in [1.165, 1.54) is 0 Å². The highest BCUT2D eigenvalue weighted by atomic mass is 14.3. The molecule has 0 unspecified atom stereocenters. The number of fused-ring (bicyclic) bond motifs is 1. The Morgan fingerprint density at radius 1 is 0.295 bits per heavy atom. The Kier molecular flexibility index (Phi) is 8.56. The molecule has 0 atom stereocenters. The van der Waals surface area contributed by atoms with Crippen LogP contribution in [0, 0.1) is 0 Å². The molecule has 44 heavy (non-hydrogen) atoms. The molecule has 0 aromatic heterocycles. The Hall–Kier alpha value is -5.72. The van der Waals surface area contributed by atoms with E-state index in [0.717, 1.165) is 88.7 Å². The summed E-state index contributed by atoms with van der Waals surface area (Å²) in [5, 5.41) is 2.22. The molecule has 5 aromatic carbocycles. The van der Waals surface area contributed by atoms with Gasteiger partial charge in [0.2, 0.25) is 0 Å². The molecule has 0 spiro atoms. The van der Waals surface area contributed by atoms with Crippen LogP contribution in [0.15, 0.2) is 125 Å². The van der Waals surface area contributed by atoms with Crippen molar-refractivity contribution < 1.29 is 0 Å². The average Bonchev–Trinajstić information content (AvgIpc) is 3.08. The van der Waals surface area contributed by atoms with Crippen molar-refractivity contribution in [2.24, 2.45) is 0 Å². The molecular formula is C44H36. The van der Waals surface area contributed by atoms with Gasteiger partial charge in [0.25, 0.3) is 0 Å². The highest BCUT2D eigenvalue weighted by molar-refractivity contribution is 6.13. The van der Waals surface area contributed by atoms with Gasteiger partial charge >= 0.3 is 0 Å². The predicted octanol–water partition coefficient (Wildman–Crippen LogP) is 13.0. The van der Waals surface area contributed by atoms with Crippen LogP contribution in [0.4, 0.5) is 0 Å². The van der Waals surface area contributed by atoms with Gasteiger partial charge in [0, 0.05) is 0 Å². The largest absolute Gasteiger partial charge is 0.0984 e. The normalized spacial score (nSPS) is 10.5. The predicted molar refractivity (Wildman–Crippen MR) is 201 cm³/mol. The van der Waals surface area contributed by atoms with Crippen LogP contribution < -0.4 is 0 Å². The van der Waals surface area contributed by atoms with Gasteiger partial charge in [0.15, 0.2) is 0 Å². The summed E-state index contributed by atoms with van der Waals surface area (Å²) >= 11 is 0. The molecule has 0 aliphatic heterocycles. The lowest BCUT2D eigenvalue weighted by atomic mass is 9.79. The van der Waals surface area contributed by atoms with Crippen molar-refractivity contribution in [1.82, 2.24) is 0 Å². The molecule has 0 aliphatic carbocycles. The second-order valence-corrected chi connectivity index (χ2v) is 10.4. The van der Waals surface area contributed by atoms with Crippen LogP contribution in [0.25, 0.3) is 92.8 Å². The van der Waals surface area contributed by atoms with Gasteiger partial charge in [-0.2, -0.15) is 0 Å². The summed E-state index contributed by atoms with van der Waals surface area (Å²) in [4.78, 5) is 0. The van der Waals surface area contributed by atoms with E-state index < -0.39 is 0 Å². The second-order valence-electron chi connectivity index (χ2n) is 10.4. The van der Waals surface area contributed by atoms with Crippen LogP contribution in [0.5, 0.6) is 0 Å².